The molecule has 18 rings (SSSR count). The summed E-state index contributed by atoms with van der Waals surface area (Å²) >= 11 is 25.5. The number of piperazine rings is 1. The Hall–Kier alpha value is -10.9. The molecule has 0 amide bonds. The first kappa shape index (κ1) is 104. The lowest BCUT2D eigenvalue weighted by Gasteiger charge is -2.39. The van der Waals surface area contributed by atoms with Gasteiger partial charge in [-0.15, -0.1) is 0 Å². The maximum Gasteiger partial charge on any atom is 0.229 e. The highest BCUT2D eigenvalue weighted by Gasteiger charge is 2.34. The number of nitrogens with one attached hydrogen (secondary N) is 8. The molecule has 8 aromatic carbocycles. The Morgan fingerprint density at radius 3 is 1.09 bits per heavy atom. The van der Waals surface area contributed by atoms with E-state index in [0.29, 0.717) is 102 Å². The van der Waals surface area contributed by atoms with Gasteiger partial charge in [0.05, 0.1) is 67.4 Å². The molecule has 141 heavy (non-hydrogen) atoms. The number of hydrogen-bond acceptors (Lipinski definition) is 29. The second kappa shape index (κ2) is 46.7. The van der Waals surface area contributed by atoms with Crippen molar-refractivity contribution in [2.75, 3.05) is 203 Å². The Morgan fingerprint density at radius 2 is 0.667 bits per heavy atom. The van der Waals surface area contributed by atoms with Crippen LogP contribution in [-0.4, -0.2) is 225 Å². The number of carbonyl (C=O) groups excluding carboxylic acids is 1. The zero-order chi connectivity index (χ0) is 100. The maximum absolute atomic E-state index is 12.8. The summed E-state index contributed by atoms with van der Waals surface area (Å²) in [5, 5.41) is 30.6. The first-order valence-corrected chi connectivity index (χ1v) is 59.8. The van der Waals surface area contributed by atoms with Crippen molar-refractivity contribution in [3.63, 3.8) is 0 Å². The van der Waals surface area contributed by atoms with Gasteiger partial charge in [0.1, 0.15) is 60.2 Å². The summed E-state index contributed by atoms with van der Waals surface area (Å²) < 4.78 is 61.7. The van der Waals surface area contributed by atoms with Crippen LogP contribution >= 0.6 is 75.0 Å². The minimum absolute atomic E-state index is 0.0553. The number of Topliss-reactive ketones (excluding diaryl/α,β-unsaturated/α-hetero) is 1. The third kappa shape index (κ3) is 27.4. The third-order valence-electron chi connectivity index (χ3n) is 26.3. The second-order valence-corrected chi connectivity index (χ2v) is 52.5. The maximum atomic E-state index is 12.8. The summed E-state index contributed by atoms with van der Waals surface area (Å²) in [6.07, 6.45) is 19.2. The van der Waals surface area contributed by atoms with Gasteiger partial charge in [0.15, 0.2) is 29.1 Å². The number of fused-ring (bicyclic) bond motifs is 1. The van der Waals surface area contributed by atoms with Crippen molar-refractivity contribution in [2.45, 2.75) is 110 Å². The monoisotopic (exact) mass is 2060 g/mol. The van der Waals surface area contributed by atoms with Gasteiger partial charge in [0, 0.05) is 131 Å². The third-order valence-corrected chi connectivity index (χ3v) is 33.6. The summed E-state index contributed by atoms with van der Waals surface area (Å²) in [6, 6.07) is 54.6. The lowest BCUT2D eigenvalue weighted by atomic mass is 10.0. The molecule has 2 unspecified atom stereocenters. The number of anilines is 19. The number of halogens is 4. The van der Waals surface area contributed by atoms with Gasteiger partial charge in [-0.3, -0.25) is 14.6 Å². The van der Waals surface area contributed by atoms with E-state index in [1.165, 1.54) is 129 Å². The van der Waals surface area contributed by atoms with Crippen LogP contribution < -0.4 is 87.9 Å². The van der Waals surface area contributed by atoms with Crippen LogP contribution in [0, 0.1) is 20.8 Å². The lowest BCUT2D eigenvalue weighted by molar-refractivity contribution is 0.101. The number of benzene rings is 8. The number of ketones is 1. The van der Waals surface area contributed by atoms with E-state index in [4.69, 9.17) is 55.9 Å². The highest BCUT2D eigenvalue weighted by atomic mass is 35.5. The summed E-state index contributed by atoms with van der Waals surface area (Å²) in [7, 11) is -6.59. The van der Waals surface area contributed by atoms with Gasteiger partial charge >= 0.3 is 0 Å². The van der Waals surface area contributed by atoms with Gasteiger partial charge in [0.25, 0.3) is 0 Å². The number of para-hydroxylation sites is 3. The molecule has 6 aliphatic heterocycles. The molecule has 0 bridgehead atoms. The predicted molar refractivity (Wildman–Crippen MR) is 589 cm³/mol. The highest BCUT2D eigenvalue weighted by Crippen LogP contribution is 2.45. The van der Waals surface area contributed by atoms with Crippen molar-refractivity contribution in [3.8, 4) is 11.5 Å². The van der Waals surface area contributed by atoms with Crippen LogP contribution in [0.2, 0.25) is 20.1 Å². The van der Waals surface area contributed by atoms with Crippen molar-refractivity contribution >= 4 is 212 Å². The molecule has 4 aromatic heterocycles. The van der Waals surface area contributed by atoms with Gasteiger partial charge in [-0.1, -0.05) is 89.2 Å². The van der Waals surface area contributed by atoms with Crippen LogP contribution in [0.5, 0.6) is 11.5 Å². The van der Waals surface area contributed by atoms with E-state index in [2.05, 4.69) is 174 Å². The highest BCUT2D eigenvalue weighted by molar-refractivity contribution is 7.71. The van der Waals surface area contributed by atoms with Crippen LogP contribution in [0.15, 0.2) is 189 Å². The molecule has 37 heteroatoms. The van der Waals surface area contributed by atoms with Gasteiger partial charge in [-0.05, 0) is 310 Å². The van der Waals surface area contributed by atoms with Crippen molar-refractivity contribution in [3.05, 3.63) is 231 Å². The average Bonchev–Trinajstić information content (AvgIpc) is 1.74. The number of piperidine rings is 2. The fourth-order valence-electron chi connectivity index (χ4n) is 18.7. The molecule has 0 aliphatic carbocycles. The van der Waals surface area contributed by atoms with Crippen LogP contribution in [0.1, 0.15) is 98.2 Å². The molecule has 12 aromatic rings. The number of ether oxygens (including phenoxy) is 2. The summed E-state index contributed by atoms with van der Waals surface area (Å²) in [6.45, 7) is 35.5. The van der Waals surface area contributed by atoms with Crippen LogP contribution in [0.4, 0.5) is 110 Å². The number of hydrogen-bond donors (Lipinski definition) is 8. The normalized spacial score (nSPS) is 16.5. The van der Waals surface area contributed by atoms with Crippen molar-refractivity contribution < 1.29 is 32.5 Å². The summed E-state index contributed by atoms with van der Waals surface area (Å²) in [4.78, 5) is 62.7. The van der Waals surface area contributed by atoms with Gasteiger partial charge in [0.2, 0.25) is 23.8 Å². The van der Waals surface area contributed by atoms with Crippen molar-refractivity contribution in [1.29, 1.82) is 0 Å². The molecule has 6 fully saturated rings. The minimum atomic E-state index is -2.50. The number of rotatable bonds is 28. The van der Waals surface area contributed by atoms with Crippen LogP contribution in [-0.2, 0) is 18.3 Å². The first-order valence-electron chi connectivity index (χ1n) is 47.9. The lowest BCUT2D eigenvalue weighted by Crippen LogP contribution is -2.50. The molecule has 6 aliphatic rings. The van der Waals surface area contributed by atoms with E-state index in [1.807, 2.05) is 104 Å². The molecular weight excluding hydrogens is 1930 g/mol. The molecule has 6 saturated heterocycles. The number of methoxy groups -OCH3 is 2. The second-order valence-electron chi connectivity index (χ2n) is 38.1. The predicted octanol–water partition coefficient (Wildman–Crippen LogP) is 23.0. The smallest absolute Gasteiger partial charge is 0.229 e. The molecule has 0 radical (unpaired) electrons. The zero-order valence-electron chi connectivity index (χ0n) is 82.6. The van der Waals surface area contributed by atoms with E-state index in [0.717, 1.165) is 135 Å². The topological polar surface area (TPSA) is 323 Å². The number of nitrogens with zero attached hydrogens (tertiary/aromatic N) is 14. The van der Waals surface area contributed by atoms with Crippen LogP contribution in [0.3, 0.4) is 0 Å². The molecule has 29 nitrogen and oxygen atoms in total. The number of carbonyl (C=O) groups is 1. The van der Waals surface area contributed by atoms with E-state index < -0.39 is 28.6 Å². The van der Waals surface area contributed by atoms with E-state index >= 15 is 0 Å². The molecule has 0 spiro atoms. The molecule has 8 N–H and O–H groups in total. The number of aromatic nitrogens is 8. The Morgan fingerprint density at radius 1 is 0.333 bits per heavy atom. The number of aryl methyl sites for hydroxylation is 3. The molecule has 744 valence electrons. The first-order chi connectivity index (χ1) is 67.4. The molecular formula is C104H128Cl4N22O7P4. The Kier molecular flexibility index (Phi) is 34.6. The summed E-state index contributed by atoms with van der Waals surface area (Å²) in [5.74, 6) is 4.53. The fraction of sp³-hybridized carbons (Fsp3) is 0.375. The summed E-state index contributed by atoms with van der Waals surface area (Å²) in [5.41, 5.74) is 13.7. The van der Waals surface area contributed by atoms with Gasteiger partial charge in [-0.2, -0.15) is 19.9 Å². The Bertz CT molecular complexity index is 6670. The standard InChI is InChI=1S/C28H36ClN6O2P.C28H36ClN6OP.C26H32ClN6OP.C22H24ClN4O3P/c1-37-25-18-21(35-16-12-20(13-17-35)34-14-6-7-15-34)10-11-23(25)32-28-30-19-22(29)27(33-28)31-24-8-4-5-9-26(24)38(2,3)36;1-20-17-21(35-16-13-22(19-35)34-14-7-4-8-15-34)11-12-24(20)32-28-30-18-23(29)27(33-28)31-25-9-5-6-10-26(25)37(2,3)36;1-18-15-19(33-14-13-32-12-6-7-20(32)17-33)10-11-22(18)30-26-28-16-21(27)25(31-26)29-23-8-4-5-9-24(23)35(2,3)34;1-13-10-16(31(4,5)29)7-9-18(13)26-22-24-12-17(23)21(27-22)25-19-8-6-15(14(2)28)11-20(19)30-3/h4-5,8-11,18-20H,6-7,12-17H2,1-3H3,(H2,30,31,32,33);5-6,9-12,17-18,22H,4,7-8,13-16,19H2,1-3H3,(H2,30,31,32,33);4-5,8-11,15-16,20H,6-7,12-14,17H2,1-3H3,(H2,28,29,30,31);6-12H,1-5H3,(H2,24,25,26,27). The average molecular weight is 2060 g/mol. The molecule has 0 saturated carbocycles. The van der Waals surface area contributed by atoms with E-state index in [9.17, 15) is 23.1 Å². The quantitative estimate of drug-likeness (QED) is 0.0167. The zero-order valence-corrected chi connectivity index (χ0v) is 89.2. The van der Waals surface area contributed by atoms with E-state index in [-0.39, 0.29) is 5.78 Å². The molecule has 10 heterocycles. The Labute approximate surface area is 848 Å². The van der Waals surface area contributed by atoms with E-state index in [1.54, 1.807) is 97.2 Å². The van der Waals surface area contributed by atoms with Crippen LogP contribution in [0.25, 0.3) is 0 Å². The SMILES string of the molecule is COc1cc(C(C)=O)ccc1Nc1nc(Nc2ccc(P(C)(C)=O)cc2C)ncc1Cl.COc1cc(N2CCC(N3CCCC3)CC2)ccc1Nc1ncc(Cl)c(Nc2ccccc2P(C)(C)=O)n1.Cc1cc(N2CCC(N3CCCCC3)C2)ccc1Nc1ncc(Cl)c(Nc2ccccc2P(C)(C)=O)n1.Cc1cc(N2CCN3CCCC3C2)ccc1Nc1ncc(Cl)c(Nc2ccccc2P(C)(C)=O)n1. The minimum Gasteiger partial charge on any atom is -0.495 e. The largest absolute Gasteiger partial charge is 0.495 e. The Balaban J connectivity index is 0.000000142. The molecule has 2 atom stereocenters. The van der Waals surface area contributed by atoms with Crippen molar-refractivity contribution in [2.24, 2.45) is 0 Å². The van der Waals surface area contributed by atoms with Gasteiger partial charge in [-0.25, -0.2) is 19.9 Å². The van der Waals surface area contributed by atoms with Crippen molar-refractivity contribution in [1.82, 2.24) is 54.6 Å². The number of likely N-dealkylation sites (tertiary alicyclic amines) is 2. The fourth-order valence-corrected chi connectivity index (χ4v) is 23.6. The van der Waals surface area contributed by atoms with Gasteiger partial charge < -0.3 is 89.9 Å².